The van der Waals surface area contributed by atoms with E-state index < -0.39 is 0 Å². The van der Waals surface area contributed by atoms with Crippen molar-refractivity contribution < 1.29 is 9.53 Å². The number of hydrogen-bond acceptors (Lipinski definition) is 6. The molecule has 0 aliphatic carbocycles. The Hall–Kier alpha value is -3.28. The van der Waals surface area contributed by atoms with Gasteiger partial charge in [-0.1, -0.05) is 12.1 Å². The maximum atomic E-state index is 11.0. The van der Waals surface area contributed by atoms with Crippen molar-refractivity contribution in [3.05, 3.63) is 60.2 Å². The first-order chi connectivity index (χ1) is 11.7. The number of carbonyl (C=O) groups is 1. The van der Waals surface area contributed by atoms with Crippen LogP contribution in [0.5, 0.6) is 5.75 Å². The van der Waals surface area contributed by atoms with Crippen LogP contribution < -0.4 is 10.1 Å². The fourth-order valence-electron chi connectivity index (χ4n) is 2.19. The summed E-state index contributed by atoms with van der Waals surface area (Å²) in [5.74, 6) is 1.24. The standard InChI is InChI=1S/C18H16N4O2/c1-12-14(11-23)7-16(10-19-12)22-18-20-8-15(9-21-18)13-3-5-17(24-2)6-4-13/h3-11H,1-2H3,(H,20,21,22). The molecule has 0 unspecified atom stereocenters. The Morgan fingerprint density at radius 2 is 1.71 bits per heavy atom. The second-order valence-corrected chi connectivity index (χ2v) is 5.17. The molecule has 0 aliphatic heterocycles. The van der Waals surface area contributed by atoms with Gasteiger partial charge in [0.1, 0.15) is 5.75 Å². The molecule has 3 aromatic rings. The Kier molecular flexibility index (Phi) is 4.47. The summed E-state index contributed by atoms with van der Waals surface area (Å²) in [6.45, 7) is 1.79. The van der Waals surface area contributed by atoms with Crippen LogP contribution in [-0.2, 0) is 0 Å². The number of aromatic nitrogens is 3. The zero-order valence-corrected chi connectivity index (χ0v) is 13.4. The Balaban J connectivity index is 1.77. The van der Waals surface area contributed by atoms with Crippen LogP contribution in [0.3, 0.4) is 0 Å². The molecule has 1 aromatic carbocycles. The molecule has 0 bridgehead atoms. The van der Waals surface area contributed by atoms with Gasteiger partial charge >= 0.3 is 0 Å². The lowest BCUT2D eigenvalue weighted by Crippen LogP contribution is -1.99. The van der Waals surface area contributed by atoms with Crippen LogP contribution in [0.1, 0.15) is 16.1 Å². The van der Waals surface area contributed by atoms with E-state index in [9.17, 15) is 4.79 Å². The summed E-state index contributed by atoms with van der Waals surface area (Å²) in [5, 5.41) is 3.04. The van der Waals surface area contributed by atoms with E-state index in [1.165, 1.54) is 0 Å². The van der Waals surface area contributed by atoms with Gasteiger partial charge in [0.15, 0.2) is 6.29 Å². The van der Waals surface area contributed by atoms with Crippen molar-refractivity contribution in [2.45, 2.75) is 6.92 Å². The SMILES string of the molecule is COc1ccc(-c2cnc(Nc3cnc(C)c(C=O)c3)nc2)cc1. The van der Waals surface area contributed by atoms with E-state index in [1.807, 2.05) is 24.3 Å². The van der Waals surface area contributed by atoms with Crippen LogP contribution in [0, 0.1) is 6.92 Å². The van der Waals surface area contributed by atoms with Crippen molar-refractivity contribution >= 4 is 17.9 Å². The fourth-order valence-corrected chi connectivity index (χ4v) is 2.19. The summed E-state index contributed by atoms with van der Waals surface area (Å²) in [4.78, 5) is 23.7. The van der Waals surface area contributed by atoms with Crippen LogP contribution in [0.4, 0.5) is 11.6 Å². The maximum Gasteiger partial charge on any atom is 0.227 e. The smallest absolute Gasteiger partial charge is 0.227 e. The van der Waals surface area contributed by atoms with Gasteiger partial charge in [-0.3, -0.25) is 9.78 Å². The molecule has 2 heterocycles. The molecular formula is C18H16N4O2. The van der Waals surface area contributed by atoms with Crippen molar-refractivity contribution in [1.82, 2.24) is 15.0 Å². The largest absolute Gasteiger partial charge is 0.497 e. The third-order valence-corrected chi connectivity index (χ3v) is 3.58. The molecule has 0 radical (unpaired) electrons. The Morgan fingerprint density at radius 1 is 1.00 bits per heavy atom. The number of anilines is 2. The zero-order valence-electron chi connectivity index (χ0n) is 13.4. The lowest BCUT2D eigenvalue weighted by Gasteiger charge is -2.07. The number of pyridine rings is 1. The average Bonchev–Trinajstić information content (AvgIpc) is 2.64. The summed E-state index contributed by atoms with van der Waals surface area (Å²) < 4.78 is 5.15. The minimum atomic E-state index is 0.440. The zero-order chi connectivity index (χ0) is 16.9. The van der Waals surface area contributed by atoms with Gasteiger partial charge in [-0.05, 0) is 30.7 Å². The Labute approximate surface area is 139 Å². The summed E-state index contributed by atoms with van der Waals surface area (Å²) in [6, 6.07) is 9.40. The number of methoxy groups -OCH3 is 1. The quantitative estimate of drug-likeness (QED) is 0.726. The van der Waals surface area contributed by atoms with Crippen LogP contribution in [0.25, 0.3) is 11.1 Å². The van der Waals surface area contributed by atoms with E-state index in [2.05, 4.69) is 20.3 Å². The molecule has 1 N–H and O–H groups in total. The van der Waals surface area contributed by atoms with Crippen molar-refractivity contribution in [3.8, 4) is 16.9 Å². The minimum Gasteiger partial charge on any atom is -0.497 e. The molecule has 0 atom stereocenters. The number of carbonyl (C=O) groups excluding carboxylic acids is 1. The Bertz CT molecular complexity index is 846. The van der Waals surface area contributed by atoms with Crippen molar-refractivity contribution in [1.29, 1.82) is 0 Å². The highest BCUT2D eigenvalue weighted by atomic mass is 16.5. The number of ether oxygens (including phenoxy) is 1. The van der Waals surface area contributed by atoms with Gasteiger partial charge in [-0.25, -0.2) is 9.97 Å². The highest BCUT2D eigenvalue weighted by Gasteiger charge is 2.04. The highest BCUT2D eigenvalue weighted by molar-refractivity contribution is 5.78. The first-order valence-corrected chi connectivity index (χ1v) is 7.35. The number of nitrogens with one attached hydrogen (secondary N) is 1. The lowest BCUT2D eigenvalue weighted by molar-refractivity contribution is 0.112. The van der Waals surface area contributed by atoms with E-state index in [0.29, 0.717) is 22.9 Å². The second-order valence-electron chi connectivity index (χ2n) is 5.17. The van der Waals surface area contributed by atoms with Gasteiger partial charge < -0.3 is 10.1 Å². The van der Waals surface area contributed by atoms with Gasteiger partial charge in [0.25, 0.3) is 0 Å². The highest BCUT2D eigenvalue weighted by Crippen LogP contribution is 2.22. The van der Waals surface area contributed by atoms with Crippen molar-refractivity contribution in [3.63, 3.8) is 0 Å². The van der Waals surface area contributed by atoms with Crippen molar-refractivity contribution in [2.24, 2.45) is 0 Å². The first-order valence-electron chi connectivity index (χ1n) is 7.35. The molecule has 0 saturated heterocycles. The third kappa shape index (κ3) is 3.38. The molecule has 3 rings (SSSR count). The van der Waals surface area contributed by atoms with Crippen LogP contribution in [0.15, 0.2) is 48.9 Å². The molecule has 120 valence electrons. The van der Waals surface area contributed by atoms with Gasteiger partial charge in [-0.15, -0.1) is 0 Å². The molecule has 6 nitrogen and oxygen atoms in total. The second kappa shape index (κ2) is 6.87. The van der Waals surface area contributed by atoms with E-state index in [4.69, 9.17) is 4.74 Å². The minimum absolute atomic E-state index is 0.440. The summed E-state index contributed by atoms with van der Waals surface area (Å²) in [5.41, 5.74) is 3.79. The summed E-state index contributed by atoms with van der Waals surface area (Å²) >= 11 is 0. The molecule has 0 spiro atoms. The number of aryl methyl sites for hydroxylation is 1. The number of nitrogens with zero attached hydrogens (tertiary/aromatic N) is 3. The normalized spacial score (nSPS) is 10.2. The number of aldehydes is 1. The van der Waals surface area contributed by atoms with E-state index >= 15 is 0 Å². The van der Waals surface area contributed by atoms with E-state index in [0.717, 1.165) is 23.2 Å². The van der Waals surface area contributed by atoms with Gasteiger partial charge in [0.05, 0.1) is 19.0 Å². The maximum absolute atomic E-state index is 11.0. The molecule has 0 saturated carbocycles. The van der Waals surface area contributed by atoms with Crippen LogP contribution in [-0.4, -0.2) is 28.3 Å². The summed E-state index contributed by atoms with van der Waals surface area (Å²) in [7, 11) is 1.63. The van der Waals surface area contributed by atoms with Crippen LogP contribution in [0.2, 0.25) is 0 Å². The monoisotopic (exact) mass is 320 g/mol. The van der Waals surface area contributed by atoms with Gasteiger partial charge in [0.2, 0.25) is 5.95 Å². The molecular weight excluding hydrogens is 304 g/mol. The van der Waals surface area contributed by atoms with Crippen LogP contribution >= 0.6 is 0 Å². The van der Waals surface area contributed by atoms with E-state index in [-0.39, 0.29) is 0 Å². The Morgan fingerprint density at radius 3 is 2.33 bits per heavy atom. The summed E-state index contributed by atoms with van der Waals surface area (Å²) in [6.07, 6.45) is 5.89. The molecule has 2 aromatic heterocycles. The number of benzene rings is 1. The van der Waals surface area contributed by atoms with Gasteiger partial charge in [0, 0.05) is 29.2 Å². The van der Waals surface area contributed by atoms with Gasteiger partial charge in [-0.2, -0.15) is 0 Å². The first kappa shape index (κ1) is 15.6. The van der Waals surface area contributed by atoms with E-state index in [1.54, 1.807) is 38.7 Å². The average molecular weight is 320 g/mol. The third-order valence-electron chi connectivity index (χ3n) is 3.58. The number of rotatable bonds is 5. The molecule has 6 heteroatoms. The molecule has 0 fully saturated rings. The fraction of sp³-hybridized carbons (Fsp3) is 0.111. The topological polar surface area (TPSA) is 77.0 Å². The van der Waals surface area contributed by atoms with Crippen molar-refractivity contribution in [2.75, 3.05) is 12.4 Å². The predicted molar refractivity (Wildman–Crippen MR) is 91.7 cm³/mol. The number of hydrogen-bond donors (Lipinski definition) is 1. The molecule has 24 heavy (non-hydrogen) atoms. The molecule has 0 amide bonds. The lowest BCUT2D eigenvalue weighted by atomic mass is 10.1. The molecule has 0 aliphatic rings. The predicted octanol–water partition coefficient (Wildman–Crippen LogP) is 3.41.